The number of ether oxygens (including phenoxy) is 1. The number of carbonyl (C=O) groups is 3. The maximum Gasteiger partial charge on any atom is 0.293 e. The van der Waals surface area contributed by atoms with Crippen LogP contribution in [0.2, 0.25) is 0 Å². The highest BCUT2D eigenvalue weighted by Gasteiger charge is 2.42. The molecule has 24 heavy (non-hydrogen) atoms. The van der Waals surface area contributed by atoms with Gasteiger partial charge in [-0.15, -0.1) is 0 Å². The first kappa shape index (κ1) is 16.9. The molecule has 0 saturated carbocycles. The van der Waals surface area contributed by atoms with Crippen LogP contribution in [0.15, 0.2) is 30.3 Å². The van der Waals surface area contributed by atoms with E-state index in [1.807, 2.05) is 18.2 Å². The van der Waals surface area contributed by atoms with Crippen molar-refractivity contribution in [3.8, 4) is 0 Å². The Labute approximate surface area is 144 Å². The molecule has 0 bridgehead atoms. The van der Waals surface area contributed by atoms with E-state index < -0.39 is 5.25 Å². The van der Waals surface area contributed by atoms with Gasteiger partial charge in [0.2, 0.25) is 11.8 Å². The highest BCUT2D eigenvalue weighted by Crippen LogP contribution is 2.28. The van der Waals surface area contributed by atoms with Gasteiger partial charge >= 0.3 is 0 Å². The summed E-state index contributed by atoms with van der Waals surface area (Å²) in [5.74, 6) is -0.535. The number of imide groups is 1. The zero-order chi connectivity index (χ0) is 16.9. The molecule has 3 rings (SSSR count). The van der Waals surface area contributed by atoms with Crippen molar-refractivity contribution >= 4 is 34.5 Å². The molecule has 2 fully saturated rings. The van der Waals surface area contributed by atoms with Crippen LogP contribution >= 0.6 is 11.8 Å². The minimum Gasteiger partial charge on any atom is -0.370 e. The fourth-order valence-corrected chi connectivity index (χ4v) is 3.70. The molecule has 3 amide bonds. The highest BCUT2D eigenvalue weighted by molar-refractivity contribution is 8.15. The number of anilines is 1. The average molecular weight is 350 g/mol. The van der Waals surface area contributed by atoms with E-state index in [1.54, 1.807) is 12.1 Å². The Morgan fingerprint density at radius 1 is 1.25 bits per heavy atom. The minimum atomic E-state index is -0.637. The highest BCUT2D eigenvalue weighted by atomic mass is 32.2. The Hall–Kier alpha value is -1.90. The SMILES string of the molecule is O=C(CC1SC(=O)N(C[NH+]2CCOCC2)C1=O)Nc1ccccc1. The van der Waals surface area contributed by atoms with Crippen LogP contribution < -0.4 is 10.2 Å². The van der Waals surface area contributed by atoms with E-state index in [-0.39, 0.29) is 23.5 Å². The molecule has 128 valence electrons. The van der Waals surface area contributed by atoms with E-state index in [4.69, 9.17) is 4.74 Å². The molecule has 7 nitrogen and oxygen atoms in total. The quantitative estimate of drug-likeness (QED) is 0.778. The number of quaternary nitrogens is 1. The molecule has 0 aliphatic carbocycles. The summed E-state index contributed by atoms with van der Waals surface area (Å²) in [5, 5.41) is 1.84. The Balaban J connectivity index is 1.54. The van der Waals surface area contributed by atoms with Crippen molar-refractivity contribution in [2.24, 2.45) is 0 Å². The van der Waals surface area contributed by atoms with Gasteiger partial charge in [-0.25, -0.2) is 4.90 Å². The lowest BCUT2D eigenvalue weighted by Gasteiger charge is -2.26. The number of carbonyl (C=O) groups excluding carboxylic acids is 3. The number of nitrogens with zero attached hydrogens (tertiary/aromatic N) is 1. The molecule has 2 saturated heterocycles. The number of hydrogen-bond acceptors (Lipinski definition) is 5. The number of amides is 3. The van der Waals surface area contributed by atoms with Gasteiger partial charge in [-0.1, -0.05) is 30.0 Å². The summed E-state index contributed by atoms with van der Waals surface area (Å²) in [6, 6.07) is 9.06. The van der Waals surface area contributed by atoms with Crippen molar-refractivity contribution in [3.05, 3.63) is 30.3 Å². The summed E-state index contributed by atoms with van der Waals surface area (Å²) >= 11 is 0.941. The summed E-state index contributed by atoms with van der Waals surface area (Å²) in [6.45, 7) is 3.19. The molecular formula is C16H20N3O4S+. The standard InChI is InChI=1S/C16H19N3O4S/c20-14(17-12-4-2-1-3-5-12)10-13-15(21)19(16(22)24-13)11-18-6-8-23-9-7-18/h1-5,13H,6-11H2,(H,17,20)/p+1. The Bertz CT molecular complexity index is 619. The van der Waals surface area contributed by atoms with Crippen LogP contribution in [-0.4, -0.2) is 60.2 Å². The van der Waals surface area contributed by atoms with E-state index in [2.05, 4.69) is 5.32 Å². The third-order valence-corrected chi connectivity index (χ3v) is 5.09. The van der Waals surface area contributed by atoms with Gasteiger partial charge in [0, 0.05) is 12.1 Å². The number of benzene rings is 1. The van der Waals surface area contributed by atoms with Gasteiger partial charge in [0.05, 0.1) is 13.2 Å². The molecule has 2 heterocycles. The second-order valence-electron chi connectivity index (χ2n) is 5.78. The summed E-state index contributed by atoms with van der Waals surface area (Å²) in [4.78, 5) is 39.0. The lowest BCUT2D eigenvalue weighted by atomic mass is 10.2. The first-order valence-corrected chi connectivity index (χ1v) is 8.79. The molecule has 2 N–H and O–H groups in total. The Morgan fingerprint density at radius 3 is 2.67 bits per heavy atom. The molecule has 1 atom stereocenters. The van der Waals surface area contributed by atoms with E-state index >= 15 is 0 Å². The number of morpholine rings is 1. The Morgan fingerprint density at radius 2 is 1.96 bits per heavy atom. The van der Waals surface area contributed by atoms with Crippen molar-refractivity contribution in [3.63, 3.8) is 0 Å². The lowest BCUT2D eigenvalue weighted by molar-refractivity contribution is -0.915. The van der Waals surface area contributed by atoms with E-state index in [9.17, 15) is 14.4 Å². The number of nitrogens with one attached hydrogen (secondary N) is 2. The van der Waals surface area contributed by atoms with Crippen LogP contribution in [0, 0.1) is 0 Å². The topological polar surface area (TPSA) is 80.2 Å². The van der Waals surface area contributed by atoms with Gasteiger partial charge in [-0.3, -0.25) is 14.4 Å². The average Bonchev–Trinajstić information content (AvgIpc) is 2.84. The number of rotatable bonds is 5. The van der Waals surface area contributed by atoms with Crippen LogP contribution in [0.5, 0.6) is 0 Å². The van der Waals surface area contributed by atoms with Crippen molar-refractivity contribution < 1.29 is 24.0 Å². The van der Waals surface area contributed by atoms with E-state index in [0.29, 0.717) is 25.6 Å². The molecule has 0 radical (unpaired) electrons. The predicted octanol–water partition coefficient (Wildman–Crippen LogP) is -0.0482. The van der Waals surface area contributed by atoms with Crippen LogP contribution in [0.1, 0.15) is 6.42 Å². The van der Waals surface area contributed by atoms with Crippen molar-refractivity contribution in [1.82, 2.24) is 4.90 Å². The zero-order valence-electron chi connectivity index (χ0n) is 13.2. The molecule has 1 aromatic carbocycles. The Kier molecular flexibility index (Phi) is 5.49. The summed E-state index contributed by atoms with van der Waals surface area (Å²) in [6.07, 6.45) is -0.000914. The normalized spacial score (nSPS) is 22.0. The molecule has 1 unspecified atom stereocenters. The zero-order valence-corrected chi connectivity index (χ0v) is 14.0. The molecule has 2 aliphatic rings. The molecule has 0 aromatic heterocycles. The van der Waals surface area contributed by atoms with Crippen molar-refractivity contribution in [1.29, 1.82) is 0 Å². The second-order valence-corrected chi connectivity index (χ2v) is 6.93. The third-order valence-electron chi connectivity index (χ3n) is 4.01. The largest absolute Gasteiger partial charge is 0.370 e. The minimum absolute atomic E-state index is 0.000914. The molecule has 2 aliphatic heterocycles. The van der Waals surface area contributed by atoms with Crippen LogP contribution in [0.3, 0.4) is 0 Å². The van der Waals surface area contributed by atoms with Gasteiger partial charge in [-0.05, 0) is 12.1 Å². The third kappa shape index (κ3) is 4.14. The van der Waals surface area contributed by atoms with Gasteiger partial charge in [-0.2, -0.15) is 0 Å². The van der Waals surface area contributed by atoms with Gasteiger partial charge in [0.25, 0.3) is 5.24 Å². The van der Waals surface area contributed by atoms with Gasteiger partial charge < -0.3 is 15.0 Å². The molecule has 1 aromatic rings. The first-order chi connectivity index (χ1) is 11.6. The molecule has 0 spiro atoms. The molecule has 8 heteroatoms. The number of hydrogen-bond donors (Lipinski definition) is 2. The maximum absolute atomic E-state index is 12.4. The lowest BCUT2D eigenvalue weighted by Crippen LogP contribution is -3.15. The first-order valence-electron chi connectivity index (χ1n) is 7.91. The number of para-hydroxylation sites is 1. The van der Waals surface area contributed by atoms with Crippen LogP contribution in [-0.2, 0) is 14.3 Å². The fraction of sp³-hybridized carbons (Fsp3) is 0.438. The van der Waals surface area contributed by atoms with E-state index in [1.165, 1.54) is 4.90 Å². The number of thioether (sulfide) groups is 1. The molecular weight excluding hydrogens is 330 g/mol. The van der Waals surface area contributed by atoms with Gasteiger partial charge in [0.1, 0.15) is 18.3 Å². The van der Waals surface area contributed by atoms with Crippen molar-refractivity contribution in [2.45, 2.75) is 11.7 Å². The van der Waals surface area contributed by atoms with Crippen molar-refractivity contribution in [2.75, 3.05) is 38.3 Å². The maximum atomic E-state index is 12.4. The fourth-order valence-electron chi connectivity index (χ4n) is 2.71. The predicted molar refractivity (Wildman–Crippen MR) is 89.7 cm³/mol. The monoisotopic (exact) mass is 350 g/mol. The van der Waals surface area contributed by atoms with E-state index in [0.717, 1.165) is 29.8 Å². The van der Waals surface area contributed by atoms with Crippen LogP contribution in [0.25, 0.3) is 0 Å². The summed E-state index contributed by atoms with van der Waals surface area (Å²) in [5.41, 5.74) is 0.680. The second kappa shape index (κ2) is 7.78. The van der Waals surface area contributed by atoms with Gasteiger partial charge in [0.15, 0.2) is 6.67 Å². The van der Waals surface area contributed by atoms with Crippen LogP contribution in [0.4, 0.5) is 10.5 Å². The summed E-state index contributed by atoms with van der Waals surface area (Å²) < 4.78 is 5.28. The smallest absolute Gasteiger partial charge is 0.293 e. The summed E-state index contributed by atoms with van der Waals surface area (Å²) in [7, 11) is 0.